The van der Waals surface area contributed by atoms with Gasteiger partial charge in [0.25, 0.3) is 0 Å². The molecule has 0 bridgehead atoms. The maximum atomic E-state index is 14.3. The third-order valence-electron chi connectivity index (χ3n) is 15.1. The molecule has 2 aromatic rings. The summed E-state index contributed by atoms with van der Waals surface area (Å²) in [5, 5.41) is 10.3. The van der Waals surface area contributed by atoms with Gasteiger partial charge < -0.3 is 25.4 Å². The van der Waals surface area contributed by atoms with Crippen molar-refractivity contribution in [2.45, 2.75) is 202 Å². The van der Waals surface area contributed by atoms with Crippen LogP contribution in [0.25, 0.3) is 0 Å². The third-order valence-corrected chi connectivity index (χ3v) is 19.0. The zero-order valence-electron chi connectivity index (χ0n) is 56.9. The van der Waals surface area contributed by atoms with E-state index in [0.29, 0.717) is 5.56 Å². The molecule has 0 aliphatic heterocycles. The number of benzene rings is 2. The van der Waals surface area contributed by atoms with Crippen LogP contribution < -0.4 is 21.3 Å². The van der Waals surface area contributed by atoms with Gasteiger partial charge >= 0.3 is 205 Å². The van der Waals surface area contributed by atoms with Crippen LogP contribution >= 0.6 is 16.5 Å². The first kappa shape index (κ1) is 84.3. The number of ketones is 5. The van der Waals surface area contributed by atoms with Crippen LogP contribution in [-0.4, -0.2) is 175 Å². The Bertz CT molecular complexity index is 3050. The van der Waals surface area contributed by atoms with Crippen LogP contribution in [-0.2, 0) is 84.6 Å². The fourth-order valence-corrected chi connectivity index (χ4v) is 12.1. The van der Waals surface area contributed by atoms with E-state index in [4.69, 9.17) is 48.0 Å². The topological polar surface area (TPSA) is 288 Å². The number of amides is 4. The minimum Gasteiger partial charge on any atom is -0.0622 e. The Morgan fingerprint density at radius 3 is 1.38 bits per heavy atom. The van der Waals surface area contributed by atoms with E-state index >= 15 is 0 Å². The third kappa shape index (κ3) is 33.3. The van der Waals surface area contributed by atoms with Crippen molar-refractivity contribution in [2.75, 3.05) is 19.8 Å². The monoisotopic (exact) mass is 1320 g/mol. The molecule has 10 radical (unpaired) electrons. The van der Waals surface area contributed by atoms with Gasteiger partial charge in [0, 0.05) is 56.8 Å². The number of nitrogens with one attached hydrogen (secondary N) is 4. The molecule has 0 aromatic heterocycles. The quantitative estimate of drug-likeness (QED) is 0.0357. The SMILES string of the molecule is [B]B=S(=B[B])(B([B])[B])C(=O)CCC(=O)C(CC(C)C)NC(=O)C(CC(=O)CNC(=O)C(CCC(=O)NCC(=O)CC(Cc1ccccc1)C(=O)NC(CC(C)C)C(=O)CCC(=O)P([B])C)CC(=O)CCC(CCC(=O)OC(C)(C)C)C(=O)OC(C)(C)C)Cc1ccccc1. The molecule has 4 amide bonds. The van der Waals surface area contributed by atoms with E-state index in [1.165, 1.54) is 0 Å². The summed E-state index contributed by atoms with van der Waals surface area (Å²) in [6.45, 7) is 18.0. The van der Waals surface area contributed by atoms with Crippen molar-refractivity contribution in [3.8, 4) is 0 Å². The number of rotatable bonds is 43. The van der Waals surface area contributed by atoms with Gasteiger partial charge in [0.15, 0.2) is 11.6 Å². The molecule has 0 spiro atoms. The number of ether oxygens (including phenoxy) is 2. The number of hydrogen-bond acceptors (Lipinski definition) is 15. The second kappa shape index (κ2) is 42.0. The van der Waals surface area contributed by atoms with Gasteiger partial charge in [-0.3, -0.25) is 43.2 Å². The van der Waals surface area contributed by atoms with Crippen molar-refractivity contribution in [3.05, 3.63) is 71.8 Å². The number of carbonyl (C=O) groups is 13. The molecular formula is C65H93B8N4O15PS. The van der Waals surface area contributed by atoms with Gasteiger partial charge in [-0.05, 0) is 91.8 Å². The number of hydrogen-bond donors (Lipinski definition) is 4. The molecule has 0 aliphatic carbocycles. The summed E-state index contributed by atoms with van der Waals surface area (Å²) in [7, 11) is 24.9. The van der Waals surface area contributed by atoms with Crippen LogP contribution in [0.15, 0.2) is 60.7 Å². The van der Waals surface area contributed by atoms with Crippen molar-refractivity contribution < 1.29 is 71.8 Å². The molecule has 4 N–H and O–H groups in total. The van der Waals surface area contributed by atoms with E-state index in [0.717, 1.165) is 17.7 Å². The minimum absolute atomic E-state index is 0.00963. The van der Waals surface area contributed by atoms with Gasteiger partial charge in [0.1, 0.15) is 30.1 Å². The summed E-state index contributed by atoms with van der Waals surface area (Å²) in [5.41, 5.74) is -0.527. The van der Waals surface area contributed by atoms with Crippen LogP contribution in [0.3, 0.4) is 0 Å². The second-order valence-corrected chi connectivity index (χ2v) is 31.6. The first-order valence-corrected chi connectivity index (χ1v) is 35.8. The summed E-state index contributed by atoms with van der Waals surface area (Å²) in [5.74, 6) is -11.9. The molecule has 0 heterocycles. The van der Waals surface area contributed by atoms with Gasteiger partial charge in [0.2, 0.25) is 17.7 Å². The molecule has 0 saturated carbocycles. The summed E-state index contributed by atoms with van der Waals surface area (Å²) in [4.78, 5) is 177. The Kier molecular flexibility index (Phi) is 37.7. The molecule has 0 aliphatic rings. The van der Waals surface area contributed by atoms with E-state index in [1.807, 2.05) is 27.7 Å². The molecule has 19 nitrogen and oxygen atoms in total. The molecule has 7 atom stereocenters. The minimum atomic E-state index is -2.76. The molecule has 7 unspecified atom stereocenters. The van der Waals surface area contributed by atoms with E-state index in [9.17, 15) is 62.3 Å². The predicted molar refractivity (Wildman–Crippen MR) is 376 cm³/mol. The van der Waals surface area contributed by atoms with Crippen molar-refractivity contribution in [1.29, 1.82) is 0 Å². The first-order chi connectivity index (χ1) is 43.9. The van der Waals surface area contributed by atoms with Gasteiger partial charge in [-0.1, -0.05) is 70.2 Å². The number of Topliss-reactive ketones (excluding diaryl/α,β-unsaturated/α-hetero) is 5. The van der Waals surface area contributed by atoms with Crippen LogP contribution in [0, 0.1) is 35.5 Å². The van der Waals surface area contributed by atoms with Crippen LogP contribution in [0.5, 0.6) is 0 Å². The average molecular weight is 1320 g/mol. The van der Waals surface area contributed by atoms with Gasteiger partial charge in [-0.2, -0.15) is 0 Å². The van der Waals surface area contributed by atoms with Gasteiger partial charge in [-0.25, -0.2) is 0 Å². The smallest absolute Gasteiger partial charge is 0.0622 e. The van der Waals surface area contributed by atoms with Crippen molar-refractivity contribution in [2.24, 2.45) is 35.5 Å². The zero-order valence-corrected chi connectivity index (χ0v) is 58.6. The Morgan fingerprint density at radius 2 is 0.957 bits per heavy atom. The molecule has 29 heteroatoms. The zero-order chi connectivity index (χ0) is 71.1. The van der Waals surface area contributed by atoms with Crippen LogP contribution in [0.2, 0.25) is 0 Å². The summed E-state index contributed by atoms with van der Waals surface area (Å²) in [6, 6.07) is 17.8. The van der Waals surface area contributed by atoms with Crippen molar-refractivity contribution >= 4 is 148 Å². The standard InChI is InChI=1S/C65H93B8N4O15PS/c1-41(2)32-52(54(81)26-30-58(85)93(11)70)76-61(88)47(34-43-18-14-12-15-19-43)37-50(79)39-74-56(83)28-23-46(36-49(78)25-22-45(63(90)92-65(8,9)10)24-29-57(84)91-64(5,6)7)60(87)75-40-51(80)38-48(35-44-20-16-13-17-21-44)62(89)77-53(33-42(3)4)55(82)27-31-59(86)94(71-66,72-67)73(68)69/h12-21,41-42,45-48,52-53H,22-40H2,1-11H3,(H,74,83)(H,75,87)(H,76,88)(H,77,89). The van der Waals surface area contributed by atoms with Gasteiger partial charge in [0.05, 0.1) is 18.5 Å². The summed E-state index contributed by atoms with van der Waals surface area (Å²) in [6.07, 6.45) is -2.58. The van der Waals surface area contributed by atoms with Crippen molar-refractivity contribution in [1.82, 2.24) is 21.3 Å². The Hall–Kier alpha value is -5.75. The molecule has 2 rings (SSSR count). The Labute approximate surface area is 566 Å². The predicted octanol–water partition coefficient (Wildman–Crippen LogP) is 5.61. The number of carbonyl (C=O) groups excluding carboxylic acids is 13. The normalized spacial score (nSPS) is 13.8. The maximum absolute atomic E-state index is 14.3. The summed E-state index contributed by atoms with van der Waals surface area (Å²) < 4.78 is 11.1. The molecular weight excluding hydrogens is 1230 g/mol. The van der Waals surface area contributed by atoms with Crippen molar-refractivity contribution in [3.63, 3.8) is 0 Å². The number of esters is 2. The molecule has 0 saturated heterocycles. The fourth-order valence-electron chi connectivity index (χ4n) is 10.2. The van der Waals surface area contributed by atoms with E-state index in [-0.39, 0.29) is 113 Å². The van der Waals surface area contributed by atoms with E-state index < -0.39 is 165 Å². The molecule has 94 heavy (non-hydrogen) atoms. The molecule has 498 valence electrons. The second-order valence-electron chi connectivity index (χ2n) is 26.8. The van der Waals surface area contributed by atoms with E-state index in [2.05, 4.69) is 21.3 Å². The Balaban J connectivity index is 2.44. The first-order valence-electron chi connectivity index (χ1n) is 32.1. The summed E-state index contributed by atoms with van der Waals surface area (Å²) >= 11 is 0. The van der Waals surface area contributed by atoms with Gasteiger partial charge in [-0.15, -0.1) is 0 Å². The van der Waals surface area contributed by atoms with Crippen LogP contribution in [0.4, 0.5) is 0 Å². The molecule has 0 fully saturated rings. The Morgan fingerprint density at radius 1 is 0.532 bits per heavy atom. The fraction of sp³-hybridized carbons (Fsp3) is 0.615. The van der Waals surface area contributed by atoms with E-state index in [1.54, 1.807) is 109 Å². The van der Waals surface area contributed by atoms with Crippen LogP contribution in [0.1, 0.15) is 177 Å². The average Bonchev–Trinajstić information content (AvgIpc) is 0.855. The molecule has 2 aromatic carbocycles.